The Kier molecular flexibility index (Phi) is 2.84. The summed E-state index contributed by atoms with van der Waals surface area (Å²) in [6, 6.07) is 5.76. The van der Waals surface area contributed by atoms with Gasteiger partial charge in [0.2, 0.25) is 0 Å². The molecule has 1 aromatic carbocycles. The van der Waals surface area contributed by atoms with Crippen LogP contribution in [0.25, 0.3) is 0 Å². The van der Waals surface area contributed by atoms with Gasteiger partial charge in [-0.1, -0.05) is 12.1 Å². The van der Waals surface area contributed by atoms with Crippen molar-refractivity contribution >= 4 is 10.0 Å². The lowest BCUT2D eigenvalue weighted by Gasteiger charge is -2.05. The molecule has 0 spiro atoms. The smallest absolute Gasteiger partial charge is 0.270 e. The van der Waals surface area contributed by atoms with Crippen LogP contribution in [0.2, 0.25) is 0 Å². The topological polar surface area (TPSA) is 55.4 Å². The SMILES string of the molecule is COc1ccccc1S(=O)(=O)NF. The van der Waals surface area contributed by atoms with Crippen LogP contribution in [0.1, 0.15) is 0 Å². The van der Waals surface area contributed by atoms with E-state index in [-0.39, 0.29) is 10.6 Å². The quantitative estimate of drug-likeness (QED) is 0.744. The van der Waals surface area contributed by atoms with Gasteiger partial charge < -0.3 is 4.74 Å². The first-order valence-electron chi connectivity index (χ1n) is 3.37. The molecule has 0 unspecified atom stereocenters. The van der Waals surface area contributed by atoms with E-state index in [0.717, 1.165) is 4.94 Å². The summed E-state index contributed by atoms with van der Waals surface area (Å²) in [4.78, 5) is 0.502. The van der Waals surface area contributed by atoms with Crippen molar-refractivity contribution in [1.82, 2.24) is 4.94 Å². The van der Waals surface area contributed by atoms with Crippen molar-refractivity contribution in [2.75, 3.05) is 7.11 Å². The number of hydrogen-bond acceptors (Lipinski definition) is 3. The molecule has 1 rings (SSSR count). The van der Waals surface area contributed by atoms with Gasteiger partial charge in [0.15, 0.2) is 0 Å². The summed E-state index contributed by atoms with van der Waals surface area (Å²) in [5, 5.41) is 0. The van der Waals surface area contributed by atoms with Crippen molar-refractivity contribution in [2.24, 2.45) is 0 Å². The first-order valence-corrected chi connectivity index (χ1v) is 4.85. The van der Waals surface area contributed by atoms with Crippen LogP contribution in [0.4, 0.5) is 4.48 Å². The summed E-state index contributed by atoms with van der Waals surface area (Å²) in [5.74, 6) is 0.104. The Hall–Kier alpha value is -1.14. The van der Waals surface area contributed by atoms with Crippen LogP contribution in [0, 0.1) is 0 Å². The molecule has 0 atom stereocenters. The highest BCUT2D eigenvalue weighted by Gasteiger charge is 2.17. The summed E-state index contributed by atoms with van der Waals surface area (Å²) in [7, 11) is -2.77. The normalized spacial score (nSPS) is 11.2. The number of sulfonamides is 1. The van der Waals surface area contributed by atoms with Crippen molar-refractivity contribution in [3.63, 3.8) is 0 Å². The average molecular weight is 205 g/mol. The predicted octanol–water partition coefficient (Wildman–Crippen LogP) is 0.858. The van der Waals surface area contributed by atoms with Gasteiger partial charge in [-0.3, -0.25) is 0 Å². The van der Waals surface area contributed by atoms with E-state index in [1.165, 1.54) is 25.3 Å². The van der Waals surface area contributed by atoms with Crippen molar-refractivity contribution in [1.29, 1.82) is 0 Å². The number of hydrogen-bond donors (Lipinski definition) is 1. The van der Waals surface area contributed by atoms with E-state index in [9.17, 15) is 12.9 Å². The molecule has 1 N–H and O–H groups in total. The molecule has 72 valence electrons. The maximum atomic E-state index is 11.9. The van der Waals surface area contributed by atoms with Crippen molar-refractivity contribution in [3.05, 3.63) is 24.3 Å². The second kappa shape index (κ2) is 3.71. The minimum Gasteiger partial charge on any atom is -0.495 e. The molecule has 6 heteroatoms. The third-order valence-corrected chi connectivity index (χ3v) is 2.58. The van der Waals surface area contributed by atoms with Gasteiger partial charge in [0.05, 0.1) is 7.11 Å². The van der Waals surface area contributed by atoms with E-state index >= 15 is 0 Å². The predicted molar refractivity (Wildman–Crippen MR) is 44.4 cm³/mol. The second-order valence-corrected chi connectivity index (χ2v) is 3.83. The van der Waals surface area contributed by atoms with Gasteiger partial charge in [-0.15, -0.1) is 4.48 Å². The Morgan fingerprint density at radius 3 is 2.54 bits per heavy atom. The average Bonchev–Trinajstić information content (AvgIpc) is 2.18. The van der Waals surface area contributed by atoms with Gasteiger partial charge in [0.25, 0.3) is 10.0 Å². The fraction of sp³-hybridized carbons (Fsp3) is 0.143. The monoisotopic (exact) mass is 205 g/mol. The number of para-hydroxylation sites is 1. The van der Waals surface area contributed by atoms with E-state index in [1.54, 1.807) is 6.07 Å². The van der Waals surface area contributed by atoms with Crippen molar-refractivity contribution < 1.29 is 17.6 Å². The highest BCUT2D eigenvalue weighted by molar-refractivity contribution is 7.89. The summed E-state index contributed by atoms with van der Waals surface area (Å²) in [6.07, 6.45) is 0. The zero-order valence-electron chi connectivity index (χ0n) is 6.82. The number of benzene rings is 1. The molecular formula is C7H8FNO3S. The summed E-state index contributed by atoms with van der Waals surface area (Å²) >= 11 is 0. The third-order valence-electron chi connectivity index (χ3n) is 1.46. The molecule has 0 aliphatic rings. The first-order chi connectivity index (χ1) is 6.11. The van der Waals surface area contributed by atoms with Crippen LogP contribution in [0.15, 0.2) is 29.2 Å². The molecule has 0 heterocycles. The molecule has 0 aliphatic carbocycles. The van der Waals surface area contributed by atoms with Gasteiger partial charge in [-0.05, 0) is 17.1 Å². The molecule has 1 aromatic rings. The zero-order valence-corrected chi connectivity index (χ0v) is 7.64. The zero-order chi connectivity index (χ0) is 9.90. The maximum absolute atomic E-state index is 11.9. The third kappa shape index (κ3) is 1.96. The highest BCUT2D eigenvalue weighted by atomic mass is 32.2. The molecule has 0 fully saturated rings. The Morgan fingerprint density at radius 1 is 1.38 bits per heavy atom. The highest BCUT2D eigenvalue weighted by Crippen LogP contribution is 2.22. The van der Waals surface area contributed by atoms with E-state index in [2.05, 4.69) is 0 Å². The molecule has 0 aromatic heterocycles. The van der Waals surface area contributed by atoms with Gasteiger partial charge in [-0.2, -0.15) is 0 Å². The molecule has 0 amide bonds. The molecule has 0 bridgehead atoms. The lowest BCUT2D eigenvalue weighted by Crippen LogP contribution is -2.15. The fourth-order valence-electron chi connectivity index (χ4n) is 0.882. The molecule has 0 saturated heterocycles. The summed E-state index contributed by atoms with van der Waals surface area (Å²) in [5.41, 5.74) is 0. The van der Waals surface area contributed by atoms with Crippen LogP contribution in [0.3, 0.4) is 0 Å². The molecule has 0 radical (unpaired) electrons. The number of nitrogens with one attached hydrogen (secondary N) is 1. The van der Waals surface area contributed by atoms with E-state index < -0.39 is 10.0 Å². The van der Waals surface area contributed by atoms with E-state index in [0.29, 0.717) is 0 Å². The molecule has 4 nitrogen and oxygen atoms in total. The minimum atomic E-state index is -4.08. The number of methoxy groups -OCH3 is 1. The lowest BCUT2D eigenvalue weighted by atomic mass is 10.3. The van der Waals surface area contributed by atoms with Crippen LogP contribution in [-0.2, 0) is 10.0 Å². The van der Waals surface area contributed by atoms with E-state index in [4.69, 9.17) is 4.74 Å². The minimum absolute atomic E-state index is 0.104. The summed E-state index contributed by atoms with van der Waals surface area (Å²) < 4.78 is 38.7. The van der Waals surface area contributed by atoms with Crippen LogP contribution in [0.5, 0.6) is 5.75 Å². The molecule has 13 heavy (non-hydrogen) atoms. The largest absolute Gasteiger partial charge is 0.495 e. The maximum Gasteiger partial charge on any atom is 0.270 e. The number of halogens is 1. The van der Waals surface area contributed by atoms with Gasteiger partial charge >= 0.3 is 0 Å². The van der Waals surface area contributed by atoms with Crippen molar-refractivity contribution in [2.45, 2.75) is 4.90 Å². The second-order valence-electron chi connectivity index (χ2n) is 2.23. The van der Waals surface area contributed by atoms with Crippen LogP contribution >= 0.6 is 0 Å². The summed E-state index contributed by atoms with van der Waals surface area (Å²) in [6.45, 7) is 0. The number of rotatable bonds is 3. The fourth-order valence-corrected chi connectivity index (χ4v) is 1.64. The Labute approximate surface area is 75.3 Å². The van der Waals surface area contributed by atoms with Gasteiger partial charge in [-0.25, -0.2) is 8.42 Å². The molecule has 0 aliphatic heterocycles. The molecule has 0 saturated carbocycles. The number of ether oxygens (including phenoxy) is 1. The standard InChI is InChI=1S/C7H8FNO3S/c1-12-6-4-2-3-5-7(6)13(10,11)9-8/h2-5,9H,1H3. The van der Waals surface area contributed by atoms with Crippen molar-refractivity contribution in [3.8, 4) is 5.75 Å². The first kappa shape index (κ1) is 9.94. The molecular weight excluding hydrogens is 197 g/mol. The Balaban J connectivity index is 3.29. The Morgan fingerprint density at radius 2 is 2.00 bits per heavy atom. The van der Waals surface area contributed by atoms with E-state index in [1.807, 2.05) is 0 Å². The van der Waals surface area contributed by atoms with Crippen LogP contribution < -0.4 is 9.68 Å². The Bertz CT molecular complexity index is 390. The lowest BCUT2D eigenvalue weighted by molar-refractivity contribution is 0.395. The van der Waals surface area contributed by atoms with Gasteiger partial charge in [0.1, 0.15) is 10.6 Å². The van der Waals surface area contributed by atoms with Crippen LogP contribution in [-0.4, -0.2) is 15.5 Å². The van der Waals surface area contributed by atoms with Gasteiger partial charge in [0, 0.05) is 0 Å².